The molecule has 6 heteroatoms. The molecule has 0 bridgehead atoms. The van der Waals surface area contributed by atoms with Gasteiger partial charge in [-0.3, -0.25) is 0 Å². The lowest BCUT2D eigenvalue weighted by Gasteiger charge is -2.29. The SMILES string of the molecule is NCC(Cc1ccccc1)NCC(Cc1c[nH]c2ccccc12)NCC(Cc1ccc2ccccc2c1)NCC1CCNCC1. The van der Waals surface area contributed by atoms with Gasteiger partial charge in [-0.05, 0) is 91.2 Å². The maximum Gasteiger partial charge on any atom is 0.0456 e. The molecule has 0 aliphatic carbocycles. The van der Waals surface area contributed by atoms with Crippen LogP contribution in [0.5, 0.6) is 0 Å². The van der Waals surface area contributed by atoms with E-state index in [0.717, 1.165) is 57.9 Å². The second kappa shape index (κ2) is 16.2. The fourth-order valence-corrected chi connectivity index (χ4v) is 6.82. The van der Waals surface area contributed by atoms with E-state index in [1.54, 1.807) is 0 Å². The van der Waals surface area contributed by atoms with Crippen molar-refractivity contribution >= 4 is 21.7 Å². The molecule has 4 aromatic carbocycles. The average Bonchev–Trinajstić information content (AvgIpc) is 3.50. The van der Waals surface area contributed by atoms with Crippen molar-refractivity contribution in [2.24, 2.45) is 11.7 Å². The second-order valence-corrected chi connectivity index (χ2v) is 12.9. The molecule has 6 nitrogen and oxygen atoms in total. The summed E-state index contributed by atoms with van der Waals surface area (Å²) in [6, 6.07) is 35.7. The third kappa shape index (κ3) is 9.03. The van der Waals surface area contributed by atoms with Crippen LogP contribution in [0, 0.1) is 5.92 Å². The number of nitrogens with one attached hydrogen (secondary N) is 5. The summed E-state index contributed by atoms with van der Waals surface area (Å²) in [4.78, 5) is 3.49. The zero-order valence-corrected chi connectivity index (χ0v) is 26.5. The summed E-state index contributed by atoms with van der Waals surface area (Å²) >= 11 is 0. The first-order chi connectivity index (χ1) is 22.2. The Balaban J connectivity index is 1.16. The number of fused-ring (bicyclic) bond motifs is 2. The largest absolute Gasteiger partial charge is 0.361 e. The van der Waals surface area contributed by atoms with Crippen LogP contribution in [0.15, 0.2) is 103 Å². The van der Waals surface area contributed by atoms with Gasteiger partial charge in [0.05, 0.1) is 0 Å². The standard InChI is InChI=1S/C39H50N6/c40-24-35(21-29-8-2-1-3-9-29)43-28-37(23-34-26-45-39-13-7-6-12-38(34)39)44-27-36(42-25-30-16-18-41-19-17-30)22-31-14-15-32-10-4-5-11-33(32)20-31/h1-15,20,26,30,35-37,41-45H,16-19,21-25,27-28,40H2. The van der Waals surface area contributed by atoms with Gasteiger partial charge in [0.2, 0.25) is 0 Å². The van der Waals surface area contributed by atoms with Crippen LogP contribution >= 0.6 is 0 Å². The molecule has 0 spiro atoms. The van der Waals surface area contributed by atoms with Gasteiger partial charge in [0.25, 0.3) is 0 Å². The van der Waals surface area contributed by atoms with Gasteiger partial charge in [-0.1, -0.05) is 91.0 Å². The Morgan fingerprint density at radius 2 is 1.36 bits per heavy atom. The quantitative estimate of drug-likeness (QED) is 0.0937. The topological polar surface area (TPSA) is 89.9 Å². The maximum absolute atomic E-state index is 6.27. The number of nitrogens with two attached hydrogens (primary N) is 1. The summed E-state index contributed by atoms with van der Waals surface area (Å²) in [6.45, 7) is 5.69. The summed E-state index contributed by atoms with van der Waals surface area (Å²) in [5.41, 5.74) is 11.5. The molecule has 5 aromatic rings. The number of para-hydroxylation sites is 1. The fraction of sp³-hybridized carbons (Fsp3) is 0.385. The zero-order valence-electron chi connectivity index (χ0n) is 26.5. The second-order valence-electron chi connectivity index (χ2n) is 12.9. The number of benzene rings is 4. The van der Waals surface area contributed by atoms with Crippen LogP contribution in [0.4, 0.5) is 0 Å². The Morgan fingerprint density at radius 3 is 2.18 bits per heavy atom. The Bertz CT molecular complexity index is 1590. The van der Waals surface area contributed by atoms with Gasteiger partial charge in [-0.25, -0.2) is 0 Å². The van der Waals surface area contributed by atoms with Crippen molar-refractivity contribution in [3.05, 3.63) is 120 Å². The number of aromatic amines is 1. The molecular weight excluding hydrogens is 552 g/mol. The van der Waals surface area contributed by atoms with Crippen molar-refractivity contribution in [2.75, 3.05) is 39.3 Å². The minimum absolute atomic E-state index is 0.228. The van der Waals surface area contributed by atoms with Crippen LogP contribution < -0.4 is 27.0 Å². The lowest BCUT2D eigenvalue weighted by atomic mass is 9.96. The first kappa shape index (κ1) is 31.5. The Hall–Kier alpha value is -3.52. The molecule has 6 rings (SSSR count). The smallest absolute Gasteiger partial charge is 0.0456 e. The highest BCUT2D eigenvalue weighted by Gasteiger charge is 2.20. The van der Waals surface area contributed by atoms with E-state index in [0.29, 0.717) is 12.6 Å². The molecule has 0 amide bonds. The summed E-state index contributed by atoms with van der Waals surface area (Å²) in [7, 11) is 0. The van der Waals surface area contributed by atoms with Crippen molar-refractivity contribution < 1.29 is 0 Å². The molecule has 2 heterocycles. The fourth-order valence-electron chi connectivity index (χ4n) is 6.82. The van der Waals surface area contributed by atoms with Crippen LogP contribution in [0.1, 0.15) is 29.5 Å². The molecule has 1 aromatic heterocycles. The van der Waals surface area contributed by atoms with Gasteiger partial charge in [-0.15, -0.1) is 0 Å². The number of aromatic nitrogens is 1. The maximum atomic E-state index is 6.27. The first-order valence-corrected chi connectivity index (χ1v) is 16.9. The molecule has 0 saturated carbocycles. The highest BCUT2D eigenvalue weighted by atomic mass is 15.0. The Labute approximate surface area is 268 Å². The van der Waals surface area contributed by atoms with Crippen LogP contribution in [-0.2, 0) is 19.3 Å². The van der Waals surface area contributed by atoms with Crippen molar-refractivity contribution in [1.82, 2.24) is 26.3 Å². The summed E-state index contributed by atoms with van der Waals surface area (Å²) in [5, 5.41) is 19.3. The molecule has 7 N–H and O–H groups in total. The molecule has 1 aliphatic rings. The van der Waals surface area contributed by atoms with E-state index in [9.17, 15) is 0 Å². The molecule has 3 unspecified atom stereocenters. The number of hydrogen-bond donors (Lipinski definition) is 6. The monoisotopic (exact) mass is 602 g/mol. The average molecular weight is 603 g/mol. The minimum atomic E-state index is 0.228. The van der Waals surface area contributed by atoms with Crippen LogP contribution in [0.3, 0.4) is 0 Å². The normalized spacial score (nSPS) is 16.2. The van der Waals surface area contributed by atoms with Crippen molar-refractivity contribution in [3.8, 4) is 0 Å². The molecule has 45 heavy (non-hydrogen) atoms. The zero-order chi connectivity index (χ0) is 30.7. The van der Waals surface area contributed by atoms with Crippen LogP contribution in [-0.4, -0.2) is 62.4 Å². The van der Waals surface area contributed by atoms with Gasteiger partial charge in [0, 0.05) is 54.9 Å². The van der Waals surface area contributed by atoms with E-state index in [1.165, 1.54) is 51.2 Å². The first-order valence-electron chi connectivity index (χ1n) is 16.9. The molecular formula is C39H50N6. The summed E-state index contributed by atoms with van der Waals surface area (Å²) in [5.74, 6) is 0.734. The lowest BCUT2D eigenvalue weighted by molar-refractivity contribution is 0.327. The number of rotatable bonds is 16. The predicted octanol–water partition coefficient (Wildman–Crippen LogP) is 5.18. The summed E-state index contributed by atoms with van der Waals surface area (Å²) in [6.07, 6.45) is 7.55. The van der Waals surface area contributed by atoms with Crippen LogP contribution in [0.2, 0.25) is 0 Å². The van der Waals surface area contributed by atoms with Crippen molar-refractivity contribution in [3.63, 3.8) is 0 Å². The van der Waals surface area contributed by atoms with Crippen molar-refractivity contribution in [1.29, 1.82) is 0 Å². The van der Waals surface area contributed by atoms with E-state index in [4.69, 9.17) is 5.73 Å². The van der Waals surface area contributed by atoms with Gasteiger partial charge >= 0.3 is 0 Å². The molecule has 1 saturated heterocycles. The molecule has 3 atom stereocenters. The molecule has 0 radical (unpaired) electrons. The van der Waals surface area contributed by atoms with E-state index >= 15 is 0 Å². The van der Waals surface area contributed by atoms with Crippen LogP contribution in [0.25, 0.3) is 21.7 Å². The minimum Gasteiger partial charge on any atom is -0.361 e. The Morgan fingerprint density at radius 1 is 0.667 bits per heavy atom. The van der Waals surface area contributed by atoms with E-state index < -0.39 is 0 Å². The molecule has 1 fully saturated rings. The Kier molecular flexibility index (Phi) is 11.3. The van der Waals surface area contributed by atoms with E-state index in [1.807, 2.05) is 0 Å². The predicted molar refractivity (Wildman–Crippen MR) is 190 cm³/mol. The van der Waals surface area contributed by atoms with E-state index in [-0.39, 0.29) is 12.1 Å². The highest BCUT2D eigenvalue weighted by molar-refractivity contribution is 5.83. The van der Waals surface area contributed by atoms with Gasteiger partial charge in [-0.2, -0.15) is 0 Å². The summed E-state index contributed by atoms with van der Waals surface area (Å²) < 4.78 is 0. The molecule has 236 valence electrons. The van der Waals surface area contributed by atoms with E-state index in [2.05, 4.69) is 130 Å². The lowest BCUT2D eigenvalue weighted by Crippen LogP contribution is -2.51. The van der Waals surface area contributed by atoms with Crippen molar-refractivity contribution in [2.45, 2.75) is 50.2 Å². The third-order valence-electron chi connectivity index (χ3n) is 9.51. The highest BCUT2D eigenvalue weighted by Crippen LogP contribution is 2.20. The number of piperidine rings is 1. The third-order valence-corrected chi connectivity index (χ3v) is 9.51. The number of H-pyrrole nitrogens is 1. The van der Waals surface area contributed by atoms with Gasteiger partial charge in [0.15, 0.2) is 0 Å². The van der Waals surface area contributed by atoms with Gasteiger partial charge < -0.3 is 32.0 Å². The van der Waals surface area contributed by atoms with Gasteiger partial charge in [0.1, 0.15) is 0 Å². The molecule has 1 aliphatic heterocycles. The number of hydrogen-bond acceptors (Lipinski definition) is 5.